The molecule has 0 radical (unpaired) electrons. The van der Waals surface area contributed by atoms with Crippen molar-refractivity contribution >= 4 is 15.9 Å². The lowest BCUT2D eigenvalue weighted by molar-refractivity contribution is 0.315. The Kier molecular flexibility index (Phi) is 5.97. The highest BCUT2D eigenvalue weighted by atomic mass is 32.2. The van der Waals surface area contributed by atoms with E-state index in [1.165, 1.54) is 0 Å². The minimum absolute atomic E-state index is 0.0494. The van der Waals surface area contributed by atoms with Crippen LogP contribution in [0.3, 0.4) is 0 Å². The van der Waals surface area contributed by atoms with Crippen molar-refractivity contribution < 1.29 is 13.6 Å². The Morgan fingerprint density at radius 3 is 2.50 bits per heavy atom. The fraction of sp³-hybridized carbons (Fsp3) is 0.462. The van der Waals surface area contributed by atoms with Gasteiger partial charge in [0.25, 0.3) is 0 Å². The molecular formula is C13H21N3O3S. The molecule has 0 aliphatic heterocycles. The van der Waals surface area contributed by atoms with Crippen LogP contribution in [0, 0.1) is 0 Å². The minimum atomic E-state index is -3.52. The van der Waals surface area contributed by atoms with Crippen molar-refractivity contribution in [3.8, 4) is 0 Å². The van der Waals surface area contributed by atoms with Gasteiger partial charge in [-0.25, -0.2) is 13.1 Å². The molecule has 0 amide bonds. The molecule has 0 heterocycles. The number of amidine groups is 1. The van der Waals surface area contributed by atoms with Crippen molar-refractivity contribution in [1.29, 1.82) is 0 Å². The van der Waals surface area contributed by atoms with Gasteiger partial charge in [0.15, 0.2) is 5.84 Å². The Hall–Kier alpha value is -1.60. The summed E-state index contributed by atoms with van der Waals surface area (Å²) in [6, 6.07) is 8.72. The highest BCUT2D eigenvalue weighted by Crippen LogP contribution is 2.16. The van der Waals surface area contributed by atoms with Crippen molar-refractivity contribution in [2.75, 3.05) is 5.75 Å². The second-order valence-corrected chi connectivity index (χ2v) is 6.50. The van der Waals surface area contributed by atoms with Gasteiger partial charge in [0.2, 0.25) is 10.0 Å². The van der Waals surface area contributed by atoms with E-state index in [1.807, 2.05) is 37.3 Å². The molecule has 112 valence electrons. The molecule has 0 aliphatic rings. The van der Waals surface area contributed by atoms with E-state index in [-0.39, 0.29) is 17.5 Å². The summed E-state index contributed by atoms with van der Waals surface area (Å²) in [5, 5.41) is 11.5. The van der Waals surface area contributed by atoms with Crippen LogP contribution < -0.4 is 10.5 Å². The molecule has 6 nitrogen and oxygen atoms in total. The quantitative estimate of drug-likeness (QED) is 0.305. The van der Waals surface area contributed by atoms with E-state index in [1.54, 1.807) is 6.92 Å². The zero-order valence-electron chi connectivity index (χ0n) is 11.7. The number of oxime groups is 1. The lowest BCUT2D eigenvalue weighted by Gasteiger charge is -2.18. The predicted molar refractivity (Wildman–Crippen MR) is 79.3 cm³/mol. The average Bonchev–Trinajstić information content (AvgIpc) is 2.44. The number of rotatable bonds is 7. The lowest BCUT2D eigenvalue weighted by Crippen LogP contribution is -2.45. The van der Waals surface area contributed by atoms with Gasteiger partial charge in [0, 0.05) is 0 Å². The van der Waals surface area contributed by atoms with Gasteiger partial charge in [-0.2, -0.15) is 0 Å². The molecule has 1 aromatic carbocycles. The fourth-order valence-electron chi connectivity index (χ4n) is 1.89. The van der Waals surface area contributed by atoms with Gasteiger partial charge in [-0.05, 0) is 17.9 Å². The van der Waals surface area contributed by atoms with E-state index in [4.69, 9.17) is 10.9 Å². The number of nitrogens with zero attached hydrogens (tertiary/aromatic N) is 1. The SMILES string of the molecule is CCC(NS(=O)(=O)CC(C)c1ccccc1)/C(N)=N/O. The summed E-state index contributed by atoms with van der Waals surface area (Å²) in [5.41, 5.74) is 6.40. The summed E-state index contributed by atoms with van der Waals surface area (Å²) >= 11 is 0. The van der Waals surface area contributed by atoms with Gasteiger partial charge in [-0.15, -0.1) is 0 Å². The third kappa shape index (κ3) is 4.82. The largest absolute Gasteiger partial charge is 0.409 e. The molecule has 0 aliphatic carbocycles. The van der Waals surface area contributed by atoms with Crippen molar-refractivity contribution in [3.63, 3.8) is 0 Å². The van der Waals surface area contributed by atoms with Crippen molar-refractivity contribution in [3.05, 3.63) is 35.9 Å². The van der Waals surface area contributed by atoms with Crippen LogP contribution in [0.25, 0.3) is 0 Å². The van der Waals surface area contributed by atoms with Gasteiger partial charge >= 0.3 is 0 Å². The molecular weight excluding hydrogens is 278 g/mol. The highest BCUT2D eigenvalue weighted by molar-refractivity contribution is 7.89. The van der Waals surface area contributed by atoms with E-state index in [2.05, 4.69) is 9.88 Å². The monoisotopic (exact) mass is 299 g/mol. The topological polar surface area (TPSA) is 105 Å². The maximum Gasteiger partial charge on any atom is 0.212 e. The van der Waals surface area contributed by atoms with Crippen LogP contribution >= 0.6 is 0 Å². The van der Waals surface area contributed by atoms with E-state index >= 15 is 0 Å². The normalized spacial score (nSPS) is 15.8. The maximum absolute atomic E-state index is 12.1. The van der Waals surface area contributed by atoms with Crippen LogP contribution in [0.15, 0.2) is 35.5 Å². The summed E-state index contributed by atoms with van der Waals surface area (Å²) in [6.45, 7) is 3.60. The van der Waals surface area contributed by atoms with Crippen LogP contribution in [0.5, 0.6) is 0 Å². The maximum atomic E-state index is 12.1. The van der Waals surface area contributed by atoms with Gasteiger partial charge in [-0.1, -0.05) is 49.3 Å². The molecule has 0 aromatic heterocycles. The molecule has 2 atom stereocenters. The van der Waals surface area contributed by atoms with Crippen LogP contribution in [-0.4, -0.2) is 31.3 Å². The number of nitrogens with two attached hydrogens (primary N) is 1. The molecule has 7 heteroatoms. The van der Waals surface area contributed by atoms with Crippen molar-refractivity contribution in [2.24, 2.45) is 10.9 Å². The first-order valence-corrected chi connectivity index (χ1v) is 8.07. The van der Waals surface area contributed by atoms with Gasteiger partial charge in [0.05, 0.1) is 11.8 Å². The molecule has 0 saturated carbocycles. The minimum Gasteiger partial charge on any atom is -0.409 e. The number of benzene rings is 1. The Labute approximate surface area is 119 Å². The summed E-state index contributed by atoms with van der Waals surface area (Å²) in [7, 11) is -3.52. The van der Waals surface area contributed by atoms with Gasteiger partial charge in [-0.3, -0.25) is 0 Å². The molecule has 0 bridgehead atoms. The Bertz CT molecular complexity index is 543. The average molecular weight is 299 g/mol. The third-order valence-corrected chi connectivity index (χ3v) is 4.62. The summed E-state index contributed by atoms with van der Waals surface area (Å²) in [4.78, 5) is 0. The smallest absolute Gasteiger partial charge is 0.212 e. The van der Waals surface area contributed by atoms with E-state index in [9.17, 15) is 8.42 Å². The number of nitrogens with one attached hydrogen (secondary N) is 1. The summed E-state index contributed by atoms with van der Waals surface area (Å²) in [5.74, 6) is -0.325. The Balaban J connectivity index is 2.75. The lowest BCUT2D eigenvalue weighted by atomic mass is 10.0. The van der Waals surface area contributed by atoms with E-state index in [0.717, 1.165) is 5.56 Å². The van der Waals surface area contributed by atoms with Crippen LogP contribution in [-0.2, 0) is 10.0 Å². The molecule has 0 spiro atoms. The van der Waals surface area contributed by atoms with Crippen molar-refractivity contribution in [2.45, 2.75) is 32.2 Å². The number of sulfonamides is 1. The predicted octanol–water partition coefficient (Wildman–Crippen LogP) is 1.23. The first-order chi connectivity index (χ1) is 9.39. The second-order valence-electron chi connectivity index (χ2n) is 4.70. The summed E-state index contributed by atoms with van der Waals surface area (Å²) < 4.78 is 26.7. The molecule has 0 saturated heterocycles. The summed E-state index contributed by atoms with van der Waals surface area (Å²) in [6.07, 6.45) is 0.412. The first-order valence-electron chi connectivity index (χ1n) is 6.42. The van der Waals surface area contributed by atoms with Crippen LogP contribution in [0.2, 0.25) is 0 Å². The van der Waals surface area contributed by atoms with Crippen LogP contribution in [0.1, 0.15) is 31.7 Å². The first kappa shape index (κ1) is 16.5. The van der Waals surface area contributed by atoms with Gasteiger partial charge < -0.3 is 10.9 Å². The molecule has 2 unspecified atom stereocenters. The Morgan fingerprint density at radius 2 is 2.00 bits per heavy atom. The standard InChI is InChI=1S/C13H21N3O3S/c1-3-12(13(14)15-17)16-20(18,19)9-10(2)11-7-5-4-6-8-11/h4-8,10,12,16-17H,3,9H2,1-2H3,(H2,14,15). The molecule has 1 aromatic rings. The Morgan fingerprint density at radius 1 is 1.40 bits per heavy atom. The zero-order valence-corrected chi connectivity index (χ0v) is 12.5. The molecule has 1 rings (SSSR count). The van der Waals surface area contributed by atoms with Crippen molar-refractivity contribution in [1.82, 2.24) is 4.72 Å². The molecule has 4 N–H and O–H groups in total. The van der Waals surface area contributed by atoms with E-state index in [0.29, 0.717) is 6.42 Å². The van der Waals surface area contributed by atoms with Gasteiger partial charge in [0.1, 0.15) is 0 Å². The van der Waals surface area contributed by atoms with E-state index < -0.39 is 16.1 Å². The molecule has 0 fully saturated rings. The van der Waals surface area contributed by atoms with Crippen LogP contribution in [0.4, 0.5) is 0 Å². The number of hydrogen-bond donors (Lipinski definition) is 3. The second kappa shape index (κ2) is 7.25. The fourth-order valence-corrected chi connectivity index (χ4v) is 3.56. The zero-order chi connectivity index (χ0) is 15.2. The molecule has 20 heavy (non-hydrogen) atoms. The number of hydrogen-bond acceptors (Lipinski definition) is 4. The third-order valence-electron chi connectivity index (χ3n) is 3.04. The highest BCUT2D eigenvalue weighted by Gasteiger charge is 2.22.